The van der Waals surface area contributed by atoms with Crippen molar-refractivity contribution in [2.45, 2.75) is 101 Å². The number of nitrogens with one attached hydrogen (secondary N) is 3. The zero-order valence-corrected chi connectivity index (χ0v) is 29.8. The van der Waals surface area contributed by atoms with Crippen LogP contribution in [0.2, 0.25) is 0 Å². The summed E-state index contributed by atoms with van der Waals surface area (Å²) in [6.45, 7) is 8.01. The quantitative estimate of drug-likeness (QED) is 0.120. The van der Waals surface area contributed by atoms with Crippen LogP contribution in [0.1, 0.15) is 82.0 Å². The van der Waals surface area contributed by atoms with Crippen LogP contribution in [-0.2, 0) is 11.3 Å². The molecule has 13 nitrogen and oxygen atoms in total. The smallest absolute Gasteiger partial charge is 0.315 e. The van der Waals surface area contributed by atoms with Crippen LogP contribution in [0.15, 0.2) is 67.0 Å². The maximum Gasteiger partial charge on any atom is 0.315 e. The van der Waals surface area contributed by atoms with Gasteiger partial charge in [0, 0.05) is 37.1 Å². The molecule has 1 saturated heterocycles. The Morgan fingerprint density at radius 2 is 1.63 bits per heavy atom. The molecule has 4 aromatic rings. The van der Waals surface area contributed by atoms with Gasteiger partial charge >= 0.3 is 6.03 Å². The number of benzene rings is 2. The van der Waals surface area contributed by atoms with Crippen molar-refractivity contribution in [3.05, 3.63) is 83.9 Å². The van der Waals surface area contributed by atoms with E-state index in [4.69, 9.17) is 14.7 Å². The molecule has 4 atom stereocenters. The molecule has 0 radical (unpaired) electrons. The van der Waals surface area contributed by atoms with Gasteiger partial charge in [-0.15, -0.1) is 0 Å². The number of anilines is 1. The van der Waals surface area contributed by atoms with Gasteiger partial charge in [0.25, 0.3) is 0 Å². The molecule has 6 rings (SSSR count). The second-order valence-electron chi connectivity index (χ2n) is 14.6. The predicted molar refractivity (Wildman–Crippen MR) is 195 cm³/mol. The summed E-state index contributed by atoms with van der Waals surface area (Å²) >= 11 is 0. The number of rotatable bonds is 13. The van der Waals surface area contributed by atoms with Gasteiger partial charge in [-0.3, -0.25) is 9.47 Å². The molecule has 2 aromatic carbocycles. The summed E-state index contributed by atoms with van der Waals surface area (Å²) in [6, 6.07) is 20.6. The number of carbonyl (C=O) groups is 1. The SMILES string of the molecule is CC(C)(C)N(CCNC(=O)NCc1nc(NCC(c2ccccc2)c2ccccc2)c2ncn([C@@H]3O[C@H](CO)[C@@H](O)[C@@H]3O)c2n1)C1CCCCC1. The fourth-order valence-electron chi connectivity index (χ4n) is 7.43. The second kappa shape index (κ2) is 16.5. The third-order valence-electron chi connectivity index (χ3n) is 10.1. The first-order valence-corrected chi connectivity index (χ1v) is 18.1. The Morgan fingerprint density at radius 3 is 2.24 bits per heavy atom. The normalized spacial score (nSPS) is 21.4. The standard InChI is InChI=1S/C38H52N8O5/c1-38(2,3)46(27-17-11-6-12-18-27)20-19-39-37(50)41-22-30-43-34(40-21-28(25-13-7-4-8-14-25)26-15-9-5-10-16-26)31-35(44-30)45(24-42-31)36-33(49)32(48)29(23-47)51-36/h4-5,7-10,13-16,24,27-29,32-33,36,47-49H,6,11-12,17-23H2,1-3H3,(H2,39,41,50)(H,40,43,44)/t29-,32-,33+,36-/m1/s1. The van der Waals surface area contributed by atoms with Crippen molar-refractivity contribution in [3.8, 4) is 0 Å². The molecule has 0 unspecified atom stereocenters. The van der Waals surface area contributed by atoms with Crippen molar-refractivity contribution in [3.63, 3.8) is 0 Å². The van der Waals surface area contributed by atoms with Gasteiger partial charge in [-0.25, -0.2) is 19.7 Å². The van der Waals surface area contributed by atoms with E-state index in [1.54, 1.807) is 0 Å². The second-order valence-corrected chi connectivity index (χ2v) is 14.6. The Kier molecular flexibility index (Phi) is 11.8. The number of nitrogens with zero attached hydrogens (tertiary/aromatic N) is 5. The Balaban J connectivity index is 1.21. The van der Waals surface area contributed by atoms with Gasteiger partial charge in [0.15, 0.2) is 29.0 Å². The number of fused-ring (bicyclic) bond motifs is 1. The highest BCUT2D eigenvalue weighted by molar-refractivity contribution is 5.83. The number of imidazole rings is 1. The summed E-state index contributed by atoms with van der Waals surface area (Å²) in [7, 11) is 0. The van der Waals surface area contributed by atoms with Gasteiger partial charge < -0.3 is 36.0 Å². The molecule has 1 aliphatic heterocycles. The van der Waals surface area contributed by atoms with Crippen molar-refractivity contribution in [1.82, 2.24) is 35.1 Å². The number of urea groups is 1. The van der Waals surface area contributed by atoms with E-state index in [1.807, 2.05) is 36.4 Å². The highest BCUT2D eigenvalue weighted by Gasteiger charge is 2.44. The summed E-state index contributed by atoms with van der Waals surface area (Å²) in [6.07, 6.45) is 3.05. The van der Waals surface area contributed by atoms with Crippen molar-refractivity contribution in [2.75, 3.05) is 31.6 Å². The summed E-state index contributed by atoms with van der Waals surface area (Å²) in [5.41, 5.74) is 3.05. The highest BCUT2D eigenvalue weighted by atomic mass is 16.6. The molecule has 2 fully saturated rings. The van der Waals surface area contributed by atoms with Crippen LogP contribution in [0.3, 0.4) is 0 Å². The van der Waals surface area contributed by atoms with E-state index in [0.29, 0.717) is 41.9 Å². The number of aromatic nitrogens is 4. The molecule has 1 aliphatic carbocycles. The Morgan fingerprint density at radius 1 is 0.961 bits per heavy atom. The summed E-state index contributed by atoms with van der Waals surface area (Å²) in [4.78, 5) is 29.7. The minimum atomic E-state index is -1.32. The molecular weight excluding hydrogens is 648 g/mol. The van der Waals surface area contributed by atoms with Crippen molar-refractivity contribution in [1.29, 1.82) is 0 Å². The van der Waals surface area contributed by atoms with Gasteiger partial charge in [-0.05, 0) is 44.7 Å². The van der Waals surface area contributed by atoms with Crippen LogP contribution in [0.5, 0.6) is 0 Å². The summed E-state index contributed by atoms with van der Waals surface area (Å²) in [5.74, 6) is 0.768. The number of aliphatic hydroxyl groups excluding tert-OH is 3. The van der Waals surface area contributed by atoms with Crippen LogP contribution < -0.4 is 16.0 Å². The first-order chi connectivity index (χ1) is 24.6. The van der Waals surface area contributed by atoms with Crippen LogP contribution in [0.4, 0.5) is 10.6 Å². The van der Waals surface area contributed by atoms with Crippen LogP contribution in [-0.4, -0.2) is 102 Å². The zero-order valence-electron chi connectivity index (χ0n) is 29.8. The van der Waals surface area contributed by atoms with Crippen LogP contribution in [0.25, 0.3) is 11.2 Å². The van der Waals surface area contributed by atoms with E-state index in [9.17, 15) is 20.1 Å². The summed E-state index contributed by atoms with van der Waals surface area (Å²) in [5, 5.41) is 40.4. The van der Waals surface area contributed by atoms with E-state index in [2.05, 4.69) is 70.9 Å². The maximum absolute atomic E-state index is 13.0. The molecular formula is C38H52N8O5. The van der Waals surface area contributed by atoms with Crippen molar-refractivity contribution < 1.29 is 24.9 Å². The Bertz CT molecular complexity index is 1670. The molecule has 274 valence electrons. The lowest BCUT2D eigenvalue weighted by molar-refractivity contribution is -0.0511. The number of ether oxygens (including phenoxy) is 1. The molecule has 0 spiro atoms. The first kappa shape index (κ1) is 36.6. The van der Waals surface area contributed by atoms with E-state index >= 15 is 0 Å². The molecule has 0 bridgehead atoms. The third kappa shape index (κ3) is 8.67. The molecule has 2 amide bonds. The van der Waals surface area contributed by atoms with Gasteiger partial charge in [0.2, 0.25) is 0 Å². The van der Waals surface area contributed by atoms with E-state index < -0.39 is 31.1 Å². The summed E-state index contributed by atoms with van der Waals surface area (Å²) < 4.78 is 7.35. The molecule has 2 aliphatic rings. The largest absolute Gasteiger partial charge is 0.394 e. The molecule has 3 heterocycles. The molecule has 2 aromatic heterocycles. The van der Waals surface area contributed by atoms with Crippen LogP contribution in [0, 0.1) is 0 Å². The highest BCUT2D eigenvalue weighted by Crippen LogP contribution is 2.33. The van der Waals surface area contributed by atoms with Crippen molar-refractivity contribution >= 4 is 23.0 Å². The van der Waals surface area contributed by atoms with Gasteiger partial charge in [0.1, 0.15) is 18.3 Å². The minimum absolute atomic E-state index is 0.000354. The Hall–Kier alpha value is -4.14. The number of hydrogen-bond donors (Lipinski definition) is 6. The molecule has 1 saturated carbocycles. The van der Waals surface area contributed by atoms with Gasteiger partial charge in [-0.1, -0.05) is 79.9 Å². The zero-order chi connectivity index (χ0) is 36.0. The Labute approximate surface area is 299 Å². The van der Waals surface area contributed by atoms with Gasteiger partial charge in [0.05, 0.1) is 19.5 Å². The average Bonchev–Trinajstić information content (AvgIpc) is 3.69. The topological polar surface area (TPSA) is 170 Å². The fraction of sp³-hybridized carbons (Fsp3) is 0.526. The minimum Gasteiger partial charge on any atom is -0.394 e. The first-order valence-electron chi connectivity index (χ1n) is 18.1. The maximum atomic E-state index is 13.0. The molecule has 6 N–H and O–H groups in total. The third-order valence-corrected chi connectivity index (χ3v) is 10.1. The molecule has 13 heteroatoms. The van der Waals surface area contributed by atoms with E-state index in [0.717, 1.165) is 17.7 Å². The van der Waals surface area contributed by atoms with E-state index in [-0.39, 0.29) is 24.0 Å². The number of aliphatic hydroxyl groups is 3. The lowest BCUT2D eigenvalue weighted by Gasteiger charge is -2.43. The predicted octanol–water partition coefficient (Wildman–Crippen LogP) is 3.91. The fourth-order valence-corrected chi connectivity index (χ4v) is 7.43. The molecule has 51 heavy (non-hydrogen) atoms. The monoisotopic (exact) mass is 700 g/mol. The van der Waals surface area contributed by atoms with E-state index in [1.165, 1.54) is 43.0 Å². The van der Waals surface area contributed by atoms with Crippen molar-refractivity contribution in [2.24, 2.45) is 0 Å². The average molecular weight is 701 g/mol. The van der Waals surface area contributed by atoms with Crippen LogP contribution >= 0.6 is 0 Å². The number of amides is 2. The number of hydrogen-bond acceptors (Lipinski definition) is 10. The van der Waals surface area contributed by atoms with Gasteiger partial charge in [-0.2, -0.15) is 0 Å². The lowest BCUT2D eigenvalue weighted by atomic mass is 9.90. The number of carbonyl (C=O) groups excluding carboxylic acids is 1. The lowest BCUT2D eigenvalue weighted by Crippen LogP contribution is -2.52.